The van der Waals surface area contributed by atoms with Crippen LogP contribution in [0.1, 0.15) is 33.3 Å². The van der Waals surface area contributed by atoms with Crippen LogP contribution in [0.15, 0.2) is 18.2 Å². The highest BCUT2D eigenvalue weighted by atomic mass is 35.5. The summed E-state index contributed by atoms with van der Waals surface area (Å²) in [5.74, 6) is -0.0551. The second kappa shape index (κ2) is 7.79. The third-order valence-electron chi connectivity index (χ3n) is 2.94. The van der Waals surface area contributed by atoms with Crippen molar-refractivity contribution in [1.29, 1.82) is 0 Å². The van der Waals surface area contributed by atoms with Gasteiger partial charge in [-0.15, -0.1) is 0 Å². The van der Waals surface area contributed by atoms with Crippen molar-refractivity contribution in [2.75, 3.05) is 18.4 Å². The molecule has 1 rings (SSSR count). The van der Waals surface area contributed by atoms with Crippen molar-refractivity contribution < 1.29 is 4.79 Å². The lowest BCUT2D eigenvalue weighted by Crippen LogP contribution is -2.48. The number of hydrogen-bond donors (Lipinski definition) is 2. The first kappa shape index (κ1) is 18.7. The average Bonchev–Trinajstić information content (AvgIpc) is 2.38. The van der Waals surface area contributed by atoms with Crippen molar-refractivity contribution in [2.24, 2.45) is 0 Å². The molecular weight excluding hydrogens is 318 g/mol. The fourth-order valence-electron chi connectivity index (χ4n) is 1.83. The Kier molecular flexibility index (Phi) is 6.63. The molecule has 0 unspecified atom stereocenters. The third kappa shape index (κ3) is 6.20. The molecule has 0 aliphatic rings. The number of aryl methyl sites for hydroxylation is 1. The van der Waals surface area contributed by atoms with Gasteiger partial charge in [0.1, 0.15) is 0 Å². The zero-order valence-electron chi connectivity index (χ0n) is 13.8. The molecule has 0 spiro atoms. The number of nitrogens with one attached hydrogen (secondary N) is 2. The largest absolute Gasteiger partial charge is 0.350 e. The number of thiocarbonyl (C=S) groups is 1. The Morgan fingerprint density at radius 3 is 2.50 bits per heavy atom. The fourth-order valence-corrected chi connectivity index (χ4v) is 2.32. The van der Waals surface area contributed by atoms with Crippen LogP contribution in [0.25, 0.3) is 0 Å². The van der Waals surface area contributed by atoms with Crippen molar-refractivity contribution in [3.05, 3.63) is 28.8 Å². The van der Waals surface area contributed by atoms with Crippen LogP contribution in [-0.4, -0.2) is 34.5 Å². The van der Waals surface area contributed by atoms with Gasteiger partial charge in [0.05, 0.1) is 6.54 Å². The summed E-state index contributed by atoms with van der Waals surface area (Å²) in [6, 6.07) is 5.67. The van der Waals surface area contributed by atoms with Crippen molar-refractivity contribution in [1.82, 2.24) is 10.2 Å². The van der Waals surface area contributed by atoms with E-state index in [9.17, 15) is 4.79 Å². The Hall–Kier alpha value is -1.33. The van der Waals surface area contributed by atoms with Crippen LogP contribution in [0.5, 0.6) is 0 Å². The van der Waals surface area contributed by atoms with Gasteiger partial charge >= 0.3 is 0 Å². The van der Waals surface area contributed by atoms with Gasteiger partial charge in [-0.1, -0.05) is 17.7 Å². The Morgan fingerprint density at radius 2 is 2.00 bits per heavy atom. The number of anilines is 1. The molecule has 1 aromatic carbocycles. The van der Waals surface area contributed by atoms with Crippen molar-refractivity contribution in [3.63, 3.8) is 0 Å². The zero-order valence-corrected chi connectivity index (χ0v) is 15.4. The molecule has 6 heteroatoms. The summed E-state index contributed by atoms with van der Waals surface area (Å²) < 4.78 is 0. The van der Waals surface area contributed by atoms with Crippen LogP contribution in [0.4, 0.5) is 5.69 Å². The summed E-state index contributed by atoms with van der Waals surface area (Å²) >= 11 is 11.5. The Balaban J connectivity index is 2.68. The smallest absolute Gasteiger partial charge is 0.240 e. The van der Waals surface area contributed by atoms with Crippen LogP contribution in [-0.2, 0) is 4.79 Å². The molecule has 22 heavy (non-hydrogen) atoms. The van der Waals surface area contributed by atoms with Gasteiger partial charge < -0.3 is 15.5 Å². The molecule has 0 fully saturated rings. The SMILES string of the molecule is CCN(CC(=O)NC(C)(C)C)C(=S)Nc1ccc(C)c(Cl)c1. The minimum Gasteiger partial charge on any atom is -0.350 e. The molecule has 2 N–H and O–H groups in total. The molecule has 0 saturated heterocycles. The maximum atomic E-state index is 12.0. The molecule has 0 aliphatic heterocycles. The predicted molar refractivity (Wildman–Crippen MR) is 97.6 cm³/mol. The quantitative estimate of drug-likeness (QED) is 0.821. The normalized spacial score (nSPS) is 11.0. The van der Waals surface area contributed by atoms with Crippen LogP contribution < -0.4 is 10.6 Å². The van der Waals surface area contributed by atoms with Crippen molar-refractivity contribution >= 4 is 40.5 Å². The highest BCUT2D eigenvalue weighted by Crippen LogP contribution is 2.20. The monoisotopic (exact) mass is 341 g/mol. The highest BCUT2D eigenvalue weighted by molar-refractivity contribution is 7.80. The van der Waals surface area contributed by atoms with E-state index in [1.165, 1.54) is 0 Å². The van der Waals surface area contributed by atoms with E-state index in [2.05, 4.69) is 10.6 Å². The number of nitrogens with zero attached hydrogens (tertiary/aromatic N) is 1. The summed E-state index contributed by atoms with van der Waals surface area (Å²) in [6.45, 7) is 10.6. The topological polar surface area (TPSA) is 44.4 Å². The molecule has 4 nitrogen and oxygen atoms in total. The van der Waals surface area contributed by atoms with E-state index in [0.717, 1.165) is 11.3 Å². The molecule has 0 heterocycles. The van der Waals surface area contributed by atoms with Crippen molar-refractivity contribution in [2.45, 2.75) is 40.2 Å². The third-order valence-corrected chi connectivity index (χ3v) is 3.71. The Labute approximate surface area is 143 Å². The molecule has 0 bridgehead atoms. The second-order valence-corrected chi connectivity index (χ2v) is 7.00. The van der Waals surface area contributed by atoms with E-state index in [4.69, 9.17) is 23.8 Å². The molecule has 122 valence electrons. The summed E-state index contributed by atoms with van der Waals surface area (Å²) in [7, 11) is 0. The molecule has 0 saturated carbocycles. The van der Waals surface area contributed by atoms with E-state index in [1.54, 1.807) is 0 Å². The molecule has 0 aliphatic carbocycles. The van der Waals surface area contributed by atoms with Gasteiger partial charge in [-0.05, 0) is 64.5 Å². The Bertz CT molecular complexity index is 555. The van der Waals surface area contributed by atoms with E-state index in [-0.39, 0.29) is 18.0 Å². The van der Waals surface area contributed by atoms with Crippen molar-refractivity contribution in [3.8, 4) is 0 Å². The van der Waals surface area contributed by atoms with Gasteiger partial charge in [0.15, 0.2) is 5.11 Å². The molecule has 0 radical (unpaired) electrons. The van der Waals surface area contributed by atoms with Gasteiger partial charge in [0.25, 0.3) is 0 Å². The van der Waals surface area contributed by atoms with E-state index in [0.29, 0.717) is 16.7 Å². The van der Waals surface area contributed by atoms with E-state index >= 15 is 0 Å². The van der Waals surface area contributed by atoms with Gasteiger partial charge in [-0.3, -0.25) is 4.79 Å². The Morgan fingerprint density at radius 1 is 1.36 bits per heavy atom. The number of carbonyl (C=O) groups excluding carboxylic acids is 1. The summed E-state index contributed by atoms with van der Waals surface area (Å²) in [4.78, 5) is 13.8. The van der Waals surface area contributed by atoms with Gasteiger partial charge in [0.2, 0.25) is 5.91 Å². The first-order valence-electron chi connectivity index (χ1n) is 7.25. The van der Waals surface area contributed by atoms with Gasteiger partial charge in [-0.25, -0.2) is 0 Å². The van der Waals surface area contributed by atoms with Crippen LogP contribution in [0.3, 0.4) is 0 Å². The first-order chi connectivity index (χ1) is 10.1. The van der Waals surface area contributed by atoms with Gasteiger partial charge in [0, 0.05) is 22.8 Å². The molecule has 0 aromatic heterocycles. The number of halogens is 1. The maximum absolute atomic E-state index is 12.0. The van der Waals surface area contributed by atoms with Crippen LogP contribution in [0.2, 0.25) is 5.02 Å². The number of hydrogen-bond acceptors (Lipinski definition) is 2. The lowest BCUT2D eigenvalue weighted by Gasteiger charge is -2.27. The number of carbonyl (C=O) groups is 1. The highest BCUT2D eigenvalue weighted by Gasteiger charge is 2.17. The molecule has 1 aromatic rings. The predicted octanol–water partition coefficient (Wildman–Crippen LogP) is 3.58. The van der Waals surface area contributed by atoms with E-state index in [1.807, 2.05) is 57.7 Å². The lowest BCUT2D eigenvalue weighted by atomic mass is 10.1. The molecule has 0 atom stereocenters. The minimum absolute atomic E-state index is 0.0551. The second-order valence-electron chi connectivity index (χ2n) is 6.21. The van der Waals surface area contributed by atoms with E-state index < -0.39 is 0 Å². The number of amides is 1. The minimum atomic E-state index is -0.254. The standard InChI is InChI=1S/C16H24ClN3OS/c1-6-20(10-14(21)19-16(3,4)5)15(22)18-12-8-7-11(2)13(17)9-12/h7-9H,6,10H2,1-5H3,(H,18,22)(H,19,21). The lowest BCUT2D eigenvalue weighted by molar-refractivity contribution is -0.122. The summed E-state index contributed by atoms with van der Waals surface area (Å²) in [6.07, 6.45) is 0. The fraction of sp³-hybridized carbons (Fsp3) is 0.500. The molecule has 1 amide bonds. The number of likely N-dealkylation sites (N-methyl/N-ethyl adjacent to an activating group) is 1. The summed E-state index contributed by atoms with van der Waals surface area (Å²) in [5.41, 5.74) is 1.57. The van der Waals surface area contributed by atoms with Crippen LogP contribution >= 0.6 is 23.8 Å². The maximum Gasteiger partial charge on any atom is 0.240 e. The average molecular weight is 342 g/mol. The molecular formula is C16H24ClN3OS. The van der Waals surface area contributed by atoms with Gasteiger partial charge in [-0.2, -0.15) is 0 Å². The first-order valence-corrected chi connectivity index (χ1v) is 8.04. The number of rotatable bonds is 4. The van der Waals surface area contributed by atoms with Crippen LogP contribution in [0, 0.1) is 6.92 Å². The summed E-state index contributed by atoms with van der Waals surface area (Å²) in [5, 5.41) is 7.24. The zero-order chi connectivity index (χ0) is 16.9. The number of benzene rings is 1.